The molecule has 0 amide bonds. The smallest absolute Gasteiger partial charge is 0.311 e. The molecule has 0 spiro atoms. The van der Waals surface area contributed by atoms with Gasteiger partial charge in [0.2, 0.25) is 0 Å². The summed E-state index contributed by atoms with van der Waals surface area (Å²) in [6.45, 7) is 4.87. The highest BCUT2D eigenvalue weighted by atomic mass is 16.6. The van der Waals surface area contributed by atoms with Gasteiger partial charge in [0.25, 0.3) is 0 Å². The average Bonchev–Trinajstić information content (AvgIpc) is 2.49. The second-order valence-corrected chi connectivity index (χ2v) is 5.98. The van der Waals surface area contributed by atoms with Crippen LogP contribution in [0.4, 0.5) is 0 Å². The van der Waals surface area contributed by atoms with Gasteiger partial charge in [-0.15, -0.1) is 0 Å². The molecular weight excluding hydrogens is 316 g/mol. The Bertz CT molecular complexity index is 539. The first kappa shape index (κ1) is 20.3. The van der Waals surface area contributed by atoms with E-state index in [2.05, 4.69) is 4.99 Å². The molecular formula is C16H26N2O6. The molecule has 0 saturated carbocycles. The Morgan fingerprint density at radius 1 is 1.38 bits per heavy atom. The van der Waals surface area contributed by atoms with E-state index in [0.717, 1.165) is 0 Å². The zero-order valence-corrected chi connectivity index (χ0v) is 14.2. The van der Waals surface area contributed by atoms with E-state index in [9.17, 15) is 24.9 Å². The number of rotatable bonds is 7. The lowest BCUT2D eigenvalue weighted by Crippen LogP contribution is -2.40. The van der Waals surface area contributed by atoms with Gasteiger partial charge in [-0.25, -0.2) is 0 Å². The van der Waals surface area contributed by atoms with Crippen LogP contribution in [-0.4, -0.2) is 57.8 Å². The minimum Gasteiger partial charge on any atom is -0.511 e. The third-order valence-corrected chi connectivity index (χ3v) is 3.67. The Balaban J connectivity index is 2.91. The molecule has 1 aliphatic rings. The number of aliphatic imine (C=N–C) groups is 1. The maximum absolute atomic E-state index is 12.3. The standard InChI is InChI=1S/C16H26N2O6/c1-4-11(18-7-8(2)19)14-12(21)5-10(6-13(14)22)16(23)24-15(17)9(3)20/h8-10,15,19-21H,4-7,17H2,1-3H3. The van der Waals surface area contributed by atoms with Crippen molar-refractivity contribution in [2.45, 2.75) is 58.5 Å². The summed E-state index contributed by atoms with van der Waals surface area (Å²) in [6.07, 6.45) is -2.64. The van der Waals surface area contributed by atoms with Gasteiger partial charge in [0.15, 0.2) is 12.0 Å². The molecule has 5 N–H and O–H groups in total. The molecule has 4 atom stereocenters. The Kier molecular flexibility index (Phi) is 7.53. The third kappa shape index (κ3) is 5.40. The number of esters is 1. The number of carbonyl (C=O) groups is 2. The summed E-state index contributed by atoms with van der Waals surface area (Å²) in [6, 6.07) is 0. The van der Waals surface area contributed by atoms with Crippen molar-refractivity contribution in [2.75, 3.05) is 6.54 Å². The third-order valence-electron chi connectivity index (χ3n) is 3.67. The van der Waals surface area contributed by atoms with E-state index in [1.807, 2.05) is 0 Å². The van der Waals surface area contributed by atoms with Gasteiger partial charge in [-0.1, -0.05) is 6.92 Å². The molecule has 0 aliphatic heterocycles. The highest BCUT2D eigenvalue weighted by Crippen LogP contribution is 2.28. The number of hydrogen-bond acceptors (Lipinski definition) is 8. The first-order chi connectivity index (χ1) is 11.2. The lowest BCUT2D eigenvalue weighted by atomic mass is 9.84. The molecule has 8 nitrogen and oxygen atoms in total. The van der Waals surface area contributed by atoms with Crippen LogP contribution in [0.2, 0.25) is 0 Å². The molecule has 0 radical (unpaired) electrons. The van der Waals surface area contributed by atoms with Gasteiger partial charge in [-0.05, 0) is 20.3 Å². The van der Waals surface area contributed by atoms with Crippen molar-refractivity contribution in [3.05, 3.63) is 11.3 Å². The van der Waals surface area contributed by atoms with Crippen molar-refractivity contribution >= 4 is 17.5 Å². The maximum Gasteiger partial charge on any atom is 0.311 e. The van der Waals surface area contributed by atoms with Gasteiger partial charge in [0, 0.05) is 18.6 Å². The largest absolute Gasteiger partial charge is 0.511 e. The van der Waals surface area contributed by atoms with Crippen molar-refractivity contribution in [2.24, 2.45) is 16.6 Å². The number of Topliss-reactive ketones (excluding diaryl/α,β-unsaturated/α-hetero) is 1. The number of allylic oxidation sites excluding steroid dienone is 2. The topological polar surface area (TPSA) is 142 Å². The average molecular weight is 342 g/mol. The molecule has 0 aromatic heterocycles. The molecule has 136 valence electrons. The number of nitrogens with two attached hydrogens (primary N) is 1. The summed E-state index contributed by atoms with van der Waals surface area (Å²) in [5.41, 5.74) is 5.98. The van der Waals surface area contributed by atoms with Gasteiger partial charge in [-0.3, -0.25) is 20.3 Å². The number of aliphatic hydroxyl groups excluding tert-OH is 3. The highest BCUT2D eigenvalue weighted by Gasteiger charge is 2.35. The zero-order chi connectivity index (χ0) is 18.4. The van der Waals surface area contributed by atoms with Crippen molar-refractivity contribution in [1.29, 1.82) is 0 Å². The minimum absolute atomic E-state index is 0.0554. The SMILES string of the molecule is CCC(=NCC(C)O)C1=C(O)CC(C(=O)OC(N)C(C)O)CC1=O. The minimum atomic E-state index is -1.18. The second kappa shape index (κ2) is 8.91. The fourth-order valence-corrected chi connectivity index (χ4v) is 2.33. The van der Waals surface area contributed by atoms with Crippen molar-refractivity contribution in [3.63, 3.8) is 0 Å². The monoisotopic (exact) mass is 342 g/mol. The summed E-state index contributed by atoms with van der Waals surface area (Å²) < 4.78 is 4.89. The Morgan fingerprint density at radius 3 is 2.46 bits per heavy atom. The van der Waals surface area contributed by atoms with Crippen LogP contribution in [0.15, 0.2) is 16.3 Å². The molecule has 0 fully saturated rings. The van der Waals surface area contributed by atoms with E-state index in [4.69, 9.17) is 10.5 Å². The lowest BCUT2D eigenvalue weighted by molar-refractivity contribution is -0.160. The molecule has 0 aromatic carbocycles. The van der Waals surface area contributed by atoms with E-state index in [1.54, 1.807) is 13.8 Å². The Labute approximate surface area is 141 Å². The first-order valence-corrected chi connectivity index (χ1v) is 7.98. The van der Waals surface area contributed by atoms with Crippen LogP contribution in [0.1, 0.15) is 40.0 Å². The van der Waals surface area contributed by atoms with Crippen molar-refractivity contribution in [3.8, 4) is 0 Å². The molecule has 1 rings (SSSR count). The highest BCUT2D eigenvalue weighted by molar-refractivity contribution is 6.23. The Morgan fingerprint density at radius 2 is 2.00 bits per heavy atom. The molecule has 0 bridgehead atoms. The number of ketones is 1. The van der Waals surface area contributed by atoms with Crippen LogP contribution in [0.3, 0.4) is 0 Å². The predicted molar refractivity (Wildman–Crippen MR) is 87.4 cm³/mol. The molecule has 8 heteroatoms. The fourth-order valence-electron chi connectivity index (χ4n) is 2.33. The van der Waals surface area contributed by atoms with E-state index < -0.39 is 36.1 Å². The van der Waals surface area contributed by atoms with Gasteiger partial charge in [0.1, 0.15) is 11.9 Å². The summed E-state index contributed by atoms with van der Waals surface area (Å²) in [5.74, 6) is -2.20. The molecule has 0 heterocycles. The van der Waals surface area contributed by atoms with Gasteiger partial charge in [-0.2, -0.15) is 0 Å². The number of aliphatic hydroxyl groups is 3. The summed E-state index contributed by atoms with van der Waals surface area (Å²) >= 11 is 0. The predicted octanol–water partition coefficient (Wildman–Crippen LogP) is 0.218. The van der Waals surface area contributed by atoms with Crippen LogP contribution in [0.5, 0.6) is 0 Å². The summed E-state index contributed by atoms with van der Waals surface area (Å²) in [5, 5.41) is 28.8. The molecule has 0 saturated heterocycles. The van der Waals surface area contributed by atoms with Crippen molar-refractivity contribution in [1.82, 2.24) is 0 Å². The van der Waals surface area contributed by atoms with Gasteiger partial charge < -0.3 is 20.1 Å². The number of ether oxygens (including phenoxy) is 1. The van der Waals surface area contributed by atoms with Gasteiger partial charge in [0.05, 0.1) is 24.1 Å². The molecule has 24 heavy (non-hydrogen) atoms. The molecule has 1 aliphatic carbocycles. The summed E-state index contributed by atoms with van der Waals surface area (Å²) in [7, 11) is 0. The van der Waals surface area contributed by atoms with Crippen molar-refractivity contribution < 1.29 is 29.6 Å². The number of nitrogens with zero attached hydrogens (tertiary/aromatic N) is 1. The fraction of sp³-hybridized carbons (Fsp3) is 0.688. The number of carbonyl (C=O) groups excluding carboxylic acids is 2. The summed E-state index contributed by atoms with van der Waals surface area (Å²) in [4.78, 5) is 28.5. The maximum atomic E-state index is 12.3. The van der Waals surface area contributed by atoms with Crippen LogP contribution in [0, 0.1) is 5.92 Å². The van der Waals surface area contributed by atoms with E-state index in [1.165, 1.54) is 6.92 Å². The van der Waals surface area contributed by atoms with E-state index in [-0.39, 0.29) is 30.7 Å². The second-order valence-electron chi connectivity index (χ2n) is 5.98. The van der Waals surface area contributed by atoms with Crippen LogP contribution < -0.4 is 5.73 Å². The van der Waals surface area contributed by atoms with Crippen LogP contribution in [-0.2, 0) is 14.3 Å². The molecule has 0 aromatic rings. The lowest BCUT2D eigenvalue weighted by Gasteiger charge is -2.25. The first-order valence-electron chi connectivity index (χ1n) is 7.98. The normalized spacial score (nSPS) is 23.0. The van der Waals surface area contributed by atoms with E-state index in [0.29, 0.717) is 12.1 Å². The van der Waals surface area contributed by atoms with Crippen LogP contribution >= 0.6 is 0 Å². The number of hydrogen-bond donors (Lipinski definition) is 4. The van der Waals surface area contributed by atoms with Crippen LogP contribution in [0.25, 0.3) is 0 Å². The quantitative estimate of drug-likeness (QED) is 0.294. The zero-order valence-electron chi connectivity index (χ0n) is 14.2. The molecule has 4 unspecified atom stereocenters. The van der Waals surface area contributed by atoms with E-state index >= 15 is 0 Å². The Hall–Kier alpha value is -1.77. The van der Waals surface area contributed by atoms with Gasteiger partial charge >= 0.3 is 5.97 Å².